The van der Waals surface area contributed by atoms with Gasteiger partial charge in [-0.3, -0.25) is 14.4 Å². The van der Waals surface area contributed by atoms with Crippen LogP contribution in [-0.4, -0.2) is 28.8 Å². The average molecular weight is 391 g/mol. The minimum Gasteiger partial charge on any atom is -0.363 e. The second-order valence-corrected chi connectivity index (χ2v) is 6.62. The van der Waals surface area contributed by atoms with E-state index in [0.29, 0.717) is 23.4 Å². The van der Waals surface area contributed by atoms with E-state index in [9.17, 15) is 14.4 Å². The van der Waals surface area contributed by atoms with Gasteiger partial charge in [0.15, 0.2) is 5.76 Å². The van der Waals surface area contributed by atoms with Crippen molar-refractivity contribution in [3.8, 4) is 11.3 Å². The molecule has 0 spiro atoms. The van der Waals surface area contributed by atoms with E-state index >= 15 is 0 Å². The summed E-state index contributed by atoms with van der Waals surface area (Å²) in [7, 11) is 0. The van der Waals surface area contributed by atoms with Crippen molar-refractivity contribution in [3.63, 3.8) is 0 Å². The molecule has 0 unspecified atom stereocenters. The summed E-state index contributed by atoms with van der Waals surface area (Å²) in [4.78, 5) is 36.7. The van der Waals surface area contributed by atoms with Crippen LogP contribution < -0.4 is 11.1 Å². The maximum atomic E-state index is 13.0. The number of ketones is 1. The Bertz CT molecular complexity index is 1010. The van der Waals surface area contributed by atoms with Crippen molar-refractivity contribution in [2.75, 3.05) is 0 Å². The lowest BCUT2D eigenvalue weighted by atomic mass is 10.0. The van der Waals surface area contributed by atoms with E-state index in [4.69, 9.17) is 10.3 Å². The predicted molar refractivity (Wildman–Crippen MR) is 107 cm³/mol. The molecule has 3 aromatic rings. The molecule has 148 valence electrons. The lowest BCUT2D eigenvalue weighted by molar-refractivity contribution is -0.137. The summed E-state index contributed by atoms with van der Waals surface area (Å²) in [6.45, 7) is 1.64. The molecular formula is C22H21N3O4. The molecule has 0 aliphatic carbocycles. The number of aryl methyl sites for hydroxylation is 2. The highest BCUT2D eigenvalue weighted by Gasteiger charge is 2.29. The summed E-state index contributed by atoms with van der Waals surface area (Å²) >= 11 is 0. The van der Waals surface area contributed by atoms with Gasteiger partial charge in [0.05, 0.1) is 11.7 Å². The van der Waals surface area contributed by atoms with E-state index in [1.54, 1.807) is 19.1 Å². The Balaban J connectivity index is 1.82. The number of carbonyl (C=O) groups excluding carboxylic acids is 3. The number of nitrogens with zero attached hydrogens (tertiary/aromatic N) is 1. The largest absolute Gasteiger partial charge is 0.363 e. The van der Waals surface area contributed by atoms with Crippen LogP contribution in [0, 0.1) is 6.92 Å². The van der Waals surface area contributed by atoms with Gasteiger partial charge in [-0.25, -0.2) is 0 Å². The zero-order chi connectivity index (χ0) is 20.8. The Labute approximate surface area is 167 Å². The number of amides is 2. The molecule has 2 aromatic carbocycles. The summed E-state index contributed by atoms with van der Waals surface area (Å²) in [5, 5.41) is 6.51. The number of nitrogens with one attached hydrogen (secondary N) is 1. The zero-order valence-corrected chi connectivity index (χ0v) is 15.9. The normalized spacial score (nSPS) is 11.6. The minimum atomic E-state index is -1.09. The molecule has 3 rings (SSSR count). The Kier molecular flexibility index (Phi) is 6.19. The Hall–Kier alpha value is -3.74. The summed E-state index contributed by atoms with van der Waals surface area (Å²) < 4.78 is 5.33. The molecule has 0 saturated heterocycles. The van der Waals surface area contributed by atoms with Crippen molar-refractivity contribution in [2.45, 2.75) is 25.8 Å². The van der Waals surface area contributed by atoms with Crippen LogP contribution in [0.3, 0.4) is 0 Å². The number of carbonyl (C=O) groups is 3. The van der Waals surface area contributed by atoms with Gasteiger partial charge in [-0.15, -0.1) is 0 Å². The standard InChI is InChI=1S/C22H21N3O4/c1-14-18(20(29-25-14)16-10-6-3-7-11-16)22(28)24-17(19(26)21(23)27)13-12-15-8-4-2-5-9-15/h2-11,17H,12-13H2,1H3,(H2,23,27)(H,24,28)/t17-/m0/s1. The quantitative estimate of drug-likeness (QED) is 0.572. The van der Waals surface area contributed by atoms with E-state index in [1.807, 2.05) is 48.5 Å². The third-order valence-corrected chi connectivity index (χ3v) is 4.55. The molecule has 7 nitrogen and oxygen atoms in total. The monoisotopic (exact) mass is 391 g/mol. The summed E-state index contributed by atoms with van der Waals surface area (Å²) in [5.41, 5.74) is 7.45. The lowest BCUT2D eigenvalue weighted by Gasteiger charge is -2.16. The number of rotatable bonds is 8. The smallest absolute Gasteiger partial charge is 0.287 e. The fourth-order valence-corrected chi connectivity index (χ4v) is 3.05. The summed E-state index contributed by atoms with van der Waals surface area (Å²) in [6.07, 6.45) is 0.738. The molecule has 0 aliphatic rings. The first-order chi connectivity index (χ1) is 14.0. The fourth-order valence-electron chi connectivity index (χ4n) is 3.05. The number of Topliss-reactive ketones (excluding diaryl/α,β-unsaturated/α-hetero) is 1. The molecule has 1 aromatic heterocycles. The molecule has 1 heterocycles. The highest BCUT2D eigenvalue weighted by atomic mass is 16.5. The van der Waals surface area contributed by atoms with E-state index in [1.165, 1.54) is 0 Å². The number of primary amides is 1. The van der Waals surface area contributed by atoms with Crippen LogP contribution in [0.25, 0.3) is 11.3 Å². The van der Waals surface area contributed by atoms with Gasteiger partial charge in [0, 0.05) is 5.56 Å². The molecule has 0 fully saturated rings. The first kappa shape index (κ1) is 20.0. The van der Waals surface area contributed by atoms with Crippen molar-refractivity contribution in [1.29, 1.82) is 0 Å². The SMILES string of the molecule is Cc1noc(-c2ccccc2)c1C(=O)N[C@@H](CCc1ccccc1)C(=O)C(N)=O. The van der Waals surface area contributed by atoms with Gasteiger partial charge in [-0.1, -0.05) is 65.8 Å². The second-order valence-electron chi connectivity index (χ2n) is 6.62. The Morgan fingerprint density at radius 3 is 2.28 bits per heavy atom. The molecule has 2 amide bonds. The van der Waals surface area contributed by atoms with Gasteiger partial charge >= 0.3 is 0 Å². The molecule has 0 aliphatic heterocycles. The van der Waals surface area contributed by atoms with Crippen molar-refractivity contribution in [2.24, 2.45) is 5.73 Å². The van der Waals surface area contributed by atoms with Gasteiger partial charge in [0.25, 0.3) is 11.8 Å². The van der Waals surface area contributed by atoms with Crippen molar-refractivity contribution < 1.29 is 18.9 Å². The third kappa shape index (κ3) is 4.76. The van der Waals surface area contributed by atoms with Crippen LogP contribution >= 0.6 is 0 Å². The topological polar surface area (TPSA) is 115 Å². The van der Waals surface area contributed by atoms with Gasteiger partial charge < -0.3 is 15.6 Å². The van der Waals surface area contributed by atoms with Gasteiger partial charge in [0.2, 0.25) is 5.78 Å². The van der Waals surface area contributed by atoms with E-state index in [0.717, 1.165) is 5.56 Å². The van der Waals surface area contributed by atoms with Crippen LogP contribution in [0.4, 0.5) is 0 Å². The minimum absolute atomic E-state index is 0.221. The Morgan fingerprint density at radius 2 is 1.66 bits per heavy atom. The molecule has 1 atom stereocenters. The van der Waals surface area contributed by atoms with Gasteiger partial charge in [-0.2, -0.15) is 0 Å². The molecular weight excluding hydrogens is 370 g/mol. The molecule has 0 saturated carbocycles. The first-order valence-corrected chi connectivity index (χ1v) is 9.17. The fraction of sp³-hybridized carbons (Fsp3) is 0.182. The van der Waals surface area contributed by atoms with Crippen LogP contribution in [0.5, 0.6) is 0 Å². The van der Waals surface area contributed by atoms with E-state index < -0.39 is 23.6 Å². The summed E-state index contributed by atoms with van der Waals surface area (Å²) in [6, 6.07) is 17.5. The predicted octanol–water partition coefficient (Wildman–Crippen LogP) is 2.44. The lowest BCUT2D eigenvalue weighted by Crippen LogP contribution is -2.46. The van der Waals surface area contributed by atoms with Crippen molar-refractivity contribution in [1.82, 2.24) is 10.5 Å². The first-order valence-electron chi connectivity index (χ1n) is 9.17. The maximum Gasteiger partial charge on any atom is 0.287 e. The number of aromatic nitrogens is 1. The van der Waals surface area contributed by atoms with Gasteiger partial charge in [-0.05, 0) is 25.3 Å². The summed E-state index contributed by atoms with van der Waals surface area (Å²) in [5.74, 6) is -2.18. The van der Waals surface area contributed by atoms with Gasteiger partial charge in [0.1, 0.15) is 5.56 Å². The van der Waals surface area contributed by atoms with Crippen LogP contribution in [0.2, 0.25) is 0 Å². The van der Waals surface area contributed by atoms with Crippen LogP contribution in [-0.2, 0) is 16.0 Å². The zero-order valence-electron chi connectivity index (χ0n) is 15.9. The van der Waals surface area contributed by atoms with E-state index in [2.05, 4.69) is 10.5 Å². The second kappa shape index (κ2) is 8.97. The molecule has 0 radical (unpaired) electrons. The van der Waals surface area contributed by atoms with Crippen molar-refractivity contribution in [3.05, 3.63) is 77.5 Å². The highest BCUT2D eigenvalue weighted by molar-refractivity contribution is 6.38. The molecule has 0 bridgehead atoms. The van der Waals surface area contributed by atoms with Crippen LogP contribution in [0.1, 0.15) is 28.0 Å². The number of hydrogen-bond acceptors (Lipinski definition) is 5. The highest BCUT2D eigenvalue weighted by Crippen LogP contribution is 2.26. The van der Waals surface area contributed by atoms with Crippen LogP contribution in [0.15, 0.2) is 65.2 Å². The number of nitrogens with two attached hydrogens (primary N) is 1. The maximum absolute atomic E-state index is 13.0. The Morgan fingerprint density at radius 1 is 1.03 bits per heavy atom. The van der Waals surface area contributed by atoms with Crippen molar-refractivity contribution >= 4 is 17.6 Å². The molecule has 3 N–H and O–H groups in total. The number of benzene rings is 2. The molecule has 29 heavy (non-hydrogen) atoms. The number of hydrogen-bond donors (Lipinski definition) is 2. The van der Waals surface area contributed by atoms with E-state index in [-0.39, 0.29) is 12.0 Å². The third-order valence-electron chi connectivity index (χ3n) is 4.55. The average Bonchev–Trinajstić information content (AvgIpc) is 3.13. The molecule has 7 heteroatoms.